The first kappa shape index (κ1) is 14.1. The molecule has 1 aromatic carbocycles. The minimum absolute atomic E-state index is 0. The van der Waals surface area contributed by atoms with Gasteiger partial charge < -0.3 is 0 Å². The van der Waals surface area contributed by atoms with E-state index in [0.717, 1.165) is 5.56 Å². The molecule has 0 fully saturated rings. The number of hydrogen-bond donors (Lipinski definition) is 1. The molecule has 0 aliphatic rings. The Morgan fingerprint density at radius 1 is 1.29 bits per heavy atom. The predicted octanol–water partition coefficient (Wildman–Crippen LogP) is 1.41. The average molecular weight is 224 g/mol. The van der Waals surface area contributed by atoms with Gasteiger partial charge in [-0.3, -0.25) is 4.55 Å². The molecule has 1 N–H and O–H groups in total. The molecule has 0 unspecified atom stereocenters. The molecule has 1 rings (SSSR count). The molecule has 0 saturated carbocycles. The standard InChI is InChI=1S/C9H12O3S.Na.H/c1-7(2)8-4-3-5-9(6-8)13(10,11)12;;/h3-7H,1-2H3,(H,10,11,12);;. The van der Waals surface area contributed by atoms with Crippen molar-refractivity contribution < 1.29 is 13.0 Å². The molecule has 5 heteroatoms. The summed E-state index contributed by atoms with van der Waals surface area (Å²) in [4.78, 5) is -0.0429. The van der Waals surface area contributed by atoms with Gasteiger partial charge in [-0.2, -0.15) is 8.42 Å². The summed E-state index contributed by atoms with van der Waals surface area (Å²) >= 11 is 0. The van der Waals surface area contributed by atoms with Crippen molar-refractivity contribution in [3.63, 3.8) is 0 Å². The second-order valence-corrected chi connectivity index (χ2v) is 4.62. The van der Waals surface area contributed by atoms with Gasteiger partial charge in [0.25, 0.3) is 10.1 Å². The molecule has 74 valence electrons. The zero-order valence-electron chi connectivity index (χ0n) is 7.56. The van der Waals surface area contributed by atoms with Crippen LogP contribution in [-0.4, -0.2) is 42.5 Å². The third kappa shape index (κ3) is 3.71. The molecule has 0 amide bonds. The first-order chi connectivity index (χ1) is 5.91. The number of hydrogen-bond acceptors (Lipinski definition) is 2. The van der Waals surface area contributed by atoms with E-state index in [2.05, 4.69) is 0 Å². The van der Waals surface area contributed by atoms with Crippen molar-refractivity contribution in [3.8, 4) is 0 Å². The Hall–Kier alpha value is 0.130. The van der Waals surface area contributed by atoms with E-state index in [1.807, 2.05) is 19.9 Å². The molecular weight excluding hydrogens is 211 g/mol. The topological polar surface area (TPSA) is 54.4 Å². The summed E-state index contributed by atoms with van der Waals surface area (Å²) in [6, 6.07) is 6.32. The van der Waals surface area contributed by atoms with Crippen molar-refractivity contribution >= 4 is 39.7 Å². The van der Waals surface area contributed by atoms with E-state index in [1.54, 1.807) is 6.07 Å². The number of rotatable bonds is 2. The van der Waals surface area contributed by atoms with Gasteiger partial charge in [-0.1, -0.05) is 26.0 Å². The molecule has 0 aliphatic carbocycles. The van der Waals surface area contributed by atoms with Gasteiger partial charge >= 0.3 is 29.6 Å². The zero-order valence-corrected chi connectivity index (χ0v) is 8.38. The van der Waals surface area contributed by atoms with Crippen LogP contribution < -0.4 is 0 Å². The molecular formula is C9H13NaO3S. The molecule has 0 heterocycles. The van der Waals surface area contributed by atoms with E-state index in [1.165, 1.54) is 12.1 Å². The van der Waals surface area contributed by atoms with Crippen molar-refractivity contribution in [3.05, 3.63) is 29.8 Å². The Balaban J connectivity index is 0.00000169. The Morgan fingerprint density at radius 3 is 2.29 bits per heavy atom. The van der Waals surface area contributed by atoms with E-state index >= 15 is 0 Å². The quantitative estimate of drug-likeness (QED) is 0.610. The molecule has 0 saturated heterocycles. The van der Waals surface area contributed by atoms with Gasteiger partial charge in [0.05, 0.1) is 4.90 Å². The molecule has 0 bridgehead atoms. The van der Waals surface area contributed by atoms with E-state index in [4.69, 9.17) is 4.55 Å². The maximum atomic E-state index is 10.8. The second-order valence-electron chi connectivity index (χ2n) is 3.20. The van der Waals surface area contributed by atoms with Crippen LogP contribution in [0.5, 0.6) is 0 Å². The van der Waals surface area contributed by atoms with Crippen LogP contribution in [0.25, 0.3) is 0 Å². The molecule has 0 atom stereocenters. The summed E-state index contributed by atoms with van der Waals surface area (Å²) in [6.45, 7) is 3.92. The van der Waals surface area contributed by atoms with Crippen LogP contribution in [-0.2, 0) is 10.1 Å². The molecule has 0 spiro atoms. The SMILES string of the molecule is CC(C)c1cccc(S(=O)(=O)O)c1.[NaH]. The van der Waals surface area contributed by atoms with E-state index < -0.39 is 10.1 Å². The minimum atomic E-state index is -4.06. The van der Waals surface area contributed by atoms with Crippen molar-refractivity contribution in [1.29, 1.82) is 0 Å². The number of benzene rings is 1. The van der Waals surface area contributed by atoms with Crippen LogP contribution in [0.2, 0.25) is 0 Å². The summed E-state index contributed by atoms with van der Waals surface area (Å²) in [5.74, 6) is 0.252. The molecule has 3 nitrogen and oxygen atoms in total. The van der Waals surface area contributed by atoms with E-state index in [0.29, 0.717) is 0 Å². The fourth-order valence-corrected chi connectivity index (χ4v) is 1.57. The molecule has 1 aromatic rings. The first-order valence-corrected chi connectivity index (χ1v) is 5.42. The van der Waals surface area contributed by atoms with Gasteiger partial charge in [0, 0.05) is 0 Å². The van der Waals surface area contributed by atoms with E-state index in [-0.39, 0.29) is 40.4 Å². The van der Waals surface area contributed by atoms with Crippen LogP contribution in [0, 0.1) is 0 Å². The Labute approximate surface area is 107 Å². The first-order valence-electron chi connectivity index (χ1n) is 3.98. The van der Waals surface area contributed by atoms with Crippen molar-refractivity contribution in [2.24, 2.45) is 0 Å². The molecule has 0 aliphatic heterocycles. The Bertz CT molecular complexity index is 398. The van der Waals surface area contributed by atoms with Gasteiger partial charge in [0.15, 0.2) is 0 Å². The average Bonchev–Trinajstić information content (AvgIpc) is 2.03. The third-order valence-corrected chi connectivity index (χ3v) is 2.67. The fourth-order valence-electron chi connectivity index (χ4n) is 1.03. The maximum absolute atomic E-state index is 10.8. The van der Waals surface area contributed by atoms with Crippen LogP contribution in [0.4, 0.5) is 0 Å². The van der Waals surface area contributed by atoms with Gasteiger partial charge in [0.2, 0.25) is 0 Å². The van der Waals surface area contributed by atoms with Gasteiger partial charge in [-0.05, 0) is 23.6 Å². The Kier molecular flexibility index (Phi) is 5.33. The van der Waals surface area contributed by atoms with Gasteiger partial charge in [-0.15, -0.1) is 0 Å². The third-order valence-electron chi connectivity index (χ3n) is 1.82. The second kappa shape index (κ2) is 5.28. The summed E-state index contributed by atoms with van der Waals surface area (Å²) < 4.78 is 30.3. The monoisotopic (exact) mass is 224 g/mol. The normalized spacial score (nSPS) is 11.1. The van der Waals surface area contributed by atoms with Crippen LogP contribution >= 0.6 is 0 Å². The summed E-state index contributed by atoms with van der Waals surface area (Å²) in [6.07, 6.45) is 0. The van der Waals surface area contributed by atoms with E-state index in [9.17, 15) is 8.42 Å². The van der Waals surface area contributed by atoms with Crippen LogP contribution in [0.15, 0.2) is 29.2 Å². The van der Waals surface area contributed by atoms with Gasteiger partial charge in [0.1, 0.15) is 0 Å². The molecule has 14 heavy (non-hydrogen) atoms. The van der Waals surface area contributed by atoms with Crippen molar-refractivity contribution in [2.45, 2.75) is 24.7 Å². The summed E-state index contributed by atoms with van der Waals surface area (Å²) in [5.41, 5.74) is 0.898. The molecule has 0 aromatic heterocycles. The van der Waals surface area contributed by atoms with Crippen LogP contribution in [0.3, 0.4) is 0 Å². The zero-order chi connectivity index (χ0) is 10.1. The van der Waals surface area contributed by atoms with Crippen molar-refractivity contribution in [1.82, 2.24) is 0 Å². The Morgan fingerprint density at radius 2 is 1.86 bits per heavy atom. The van der Waals surface area contributed by atoms with Gasteiger partial charge in [-0.25, -0.2) is 0 Å². The fraction of sp³-hybridized carbons (Fsp3) is 0.333. The molecule has 0 radical (unpaired) electrons. The predicted molar refractivity (Wildman–Crippen MR) is 57.5 cm³/mol. The summed E-state index contributed by atoms with van der Waals surface area (Å²) in [5, 5.41) is 0. The van der Waals surface area contributed by atoms with Crippen molar-refractivity contribution in [2.75, 3.05) is 0 Å². The van der Waals surface area contributed by atoms with Crippen LogP contribution in [0.1, 0.15) is 25.3 Å². The summed E-state index contributed by atoms with van der Waals surface area (Å²) in [7, 11) is -4.06.